The fourth-order valence-electron chi connectivity index (χ4n) is 2.27. The first-order valence-electron chi connectivity index (χ1n) is 9.22. The van der Waals surface area contributed by atoms with Gasteiger partial charge in [-0.25, -0.2) is 4.79 Å². The molecule has 26 heavy (non-hydrogen) atoms. The summed E-state index contributed by atoms with van der Waals surface area (Å²) in [6.45, 7) is 8.63. The second-order valence-corrected chi connectivity index (χ2v) is 7.17. The quantitative estimate of drug-likeness (QED) is 0.491. The Morgan fingerprint density at radius 3 is 2.42 bits per heavy atom. The number of rotatable bonds is 10. The van der Waals surface area contributed by atoms with Crippen LogP contribution in [0.4, 0.5) is 4.79 Å². The molecule has 0 bridgehead atoms. The predicted molar refractivity (Wildman–Crippen MR) is 102 cm³/mol. The first-order valence-corrected chi connectivity index (χ1v) is 9.22. The van der Waals surface area contributed by atoms with Gasteiger partial charge in [-0.1, -0.05) is 50.1 Å². The SMILES string of the molecule is CCCC[C@H](NCCNC(=O)OC(C)(C)C)C(=O)OCc1ccccc1. The summed E-state index contributed by atoms with van der Waals surface area (Å²) in [6.07, 6.45) is 2.17. The maximum atomic E-state index is 12.3. The second kappa shape index (κ2) is 11.5. The van der Waals surface area contributed by atoms with Crippen LogP contribution in [0.2, 0.25) is 0 Å². The zero-order valence-electron chi connectivity index (χ0n) is 16.3. The lowest BCUT2D eigenvalue weighted by Gasteiger charge is -2.20. The maximum Gasteiger partial charge on any atom is 0.407 e. The molecule has 0 aliphatic heterocycles. The van der Waals surface area contributed by atoms with Gasteiger partial charge in [-0.2, -0.15) is 0 Å². The summed E-state index contributed by atoms with van der Waals surface area (Å²) in [5.41, 5.74) is 0.435. The van der Waals surface area contributed by atoms with Gasteiger partial charge in [0, 0.05) is 13.1 Å². The van der Waals surface area contributed by atoms with Crippen LogP contribution >= 0.6 is 0 Å². The van der Waals surface area contributed by atoms with Gasteiger partial charge in [0.25, 0.3) is 0 Å². The zero-order chi connectivity index (χ0) is 19.4. The molecule has 0 aromatic heterocycles. The smallest absolute Gasteiger partial charge is 0.407 e. The van der Waals surface area contributed by atoms with Gasteiger partial charge in [-0.3, -0.25) is 4.79 Å². The summed E-state index contributed by atoms with van der Waals surface area (Å²) in [6, 6.07) is 9.23. The third-order valence-electron chi connectivity index (χ3n) is 3.54. The molecule has 1 amide bonds. The van der Waals surface area contributed by atoms with Crippen molar-refractivity contribution in [1.82, 2.24) is 10.6 Å². The second-order valence-electron chi connectivity index (χ2n) is 7.17. The normalized spacial score (nSPS) is 12.3. The molecule has 0 aliphatic carbocycles. The molecule has 1 aromatic carbocycles. The van der Waals surface area contributed by atoms with Crippen molar-refractivity contribution in [3.8, 4) is 0 Å². The molecular weight excluding hydrogens is 332 g/mol. The van der Waals surface area contributed by atoms with Crippen molar-refractivity contribution in [3.63, 3.8) is 0 Å². The minimum atomic E-state index is -0.525. The molecule has 0 heterocycles. The third-order valence-corrected chi connectivity index (χ3v) is 3.54. The molecule has 0 saturated carbocycles. The number of hydrogen-bond donors (Lipinski definition) is 2. The Kier molecular flexibility index (Phi) is 9.73. The van der Waals surface area contributed by atoms with E-state index in [1.54, 1.807) is 0 Å². The number of amides is 1. The van der Waals surface area contributed by atoms with Crippen molar-refractivity contribution in [2.45, 2.75) is 65.2 Å². The number of alkyl carbamates (subject to hydrolysis) is 1. The van der Waals surface area contributed by atoms with Gasteiger partial charge >= 0.3 is 12.1 Å². The molecular formula is C20H32N2O4. The van der Waals surface area contributed by atoms with E-state index in [4.69, 9.17) is 9.47 Å². The lowest BCUT2D eigenvalue weighted by molar-refractivity contribution is -0.147. The highest BCUT2D eigenvalue weighted by molar-refractivity contribution is 5.75. The van der Waals surface area contributed by atoms with Crippen LogP contribution in [0.1, 0.15) is 52.5 Å². The minimum absolute atomic E-state index is 0.264. The van der Waals surface area contributed by atoms with Gasteiger partial charge in [-0.15, -0.1) is 0 Å². The molecule has 0 radical (unpaired) electrons. The Labute approximate surface area is 156 Å². The van der Waals surface area contributed by atoms with E-state index in [2.05, 4.69) is 17.6 Å². The molecule has 2 N–H and O–H groups in total. The van der Waals surface area contributed by atoms with E-state index in [9.17, 15) is 9.59 Å². The van der Waals surface area contributed by atoms with Crippen molar-refractivity contribution in [3.05, 3.63) is 35.9 Å². The summed E-state index contributed by atoms with van der Waals surface area (Å²) >= 11 is 0. The van der Waals surface area contributed by atoms with Crippen molar-refractivity contribution in [1.29, 1.82) is 0 Å². The van der Waals surface area contributed by atoms with Crippen LogP contribution in [0.25, 0.3) is 0 Å². The van der Waals surface area contributed by atoms with Crippen LogP contribution in [0.3, 0.4) is 0 Å². The van der Waals surface area contributed by atoms with Crippen LogP contribution < -0.4 is 10.6 Å². The molecule has 1 rings (SSSR count). The standard InChI is InChI=1S/C20H32N2O4/c1-5-6-12-17(18(23)25-15-16-10-8-7-9-11-16)21-13-14-22-19(24)26-20(2,3)4/h7-11,17,21H,5-6,12-15H2,1-4H3,(H,22,24)/t17-/m0/s1. The van der Waals surface area contributed by atoms with Crippen molar-refractivity contribution >= 4 is 12.1 Å². The van der Waals surface area contributed by atoms with E-state index in [1.165, 1.54) is 0 Å². The highest BCUT2D eigenvalue weighted by atomic mass is 16.6. The summed E-state index contributed by atoms with van der Waals surface area (Å²) in [5.74, 6) is -0.264. The number of nitrogens with one attached hydrogen (secondary N) is 2. The predicted octanol–water partition coefficient (Wildman–Crippen LogP) is 3.40. The summed E-state index contributed by atoms with van der Waals surface area (Å²) in [7, 11) is 0. The van der Waals surface area contributed by atoms with E-state index in [-0.39, 0.29) is 18.6 Å². The Bertz CT molecular complexity index is 540. The number of carbonyl (C=O) groups is 2. The number of hydrogen-bond acceptors (Lipinski definition) is 5. The lowest BCUT2D eigenvalue weighted by Crippen LogP contribution is -2.43. The average Bonchev–Trinajstić information content (AvgIpc) is 2.58. The zero-order valence-corrected chi connectivity index (χ0v) is 16.3. The van der Waals surface area contributed by atoms with Crippen LogP contribution in [0.5, 0.6) is 0 Å². The lowest BCUT2D eigenvalue weighted by atomic mass is 10.1. The fraction of sp³-hybridized carbons (Fsp3) is 0.600. The van der Waals surface area contributed by atoms with E-state index >= 15 is 0 Å². The number of benzene rings is 1. The summed E-state index contributed by atoms with van der Waals surface area (Å²) < 4.78 is 10.6. The first kappa shape index (κ1) is 22.0. The molecule has 0 unspecified atom stereocenters. The number of unbranched alkanes of at least 4 members (excludes halogenated alkanes) is 1. The highest BCUT2D eigenvalue weighted by Crippen LogP contribution is 2.07. The Balaban J connectivity index is 2.37. The average molecular weight is 364 g/mol. The van der Waals surface area contributed by atoms with Gasteiger partial charge in [0.2, 0.25) is 0 Å². The molecule has 6 heteroatoms. The van der Waals surface area contributed by atoms with Crippen LogP contribution in [0, 0.1) is 0 Å². The molecule has 0 saturated heterocycles. The van der Waals surface area contributed by atoms with Gasteiger partial charge in [0.15, 0.2) is 0 Å². The molecule has 1 atom stereocenters. The Hall–Kier alpha value is -2.08. The van der Waals surface area contributed by atoms with Gasteiger partial charge in [0.1, 0.15) is 18.2 Å². The van der Waals surface area contributed by atoms with Crippen LogP contribution in [-0.4, -0.2) is 36.8 Å². The van der Waals surface area contributed by atoms with Gasteiger partial charge in [-0.05, 0) is 32.8 Å². The molecule has 146 valence electrons. The van der Waals surface area contributed by atoms with Crippen molar-refractivity contribution in [2.24, 2.45) is 0 Å². The van der Waals surface area contributed by atoms with Gasteiger partial charge in [0.05, 0.1) is 0 Å². The molecule has 6 nitrogen and oxygen atoms in total. The fourth-order valence-corrected chi connectivity index (χ4v) is 2.27. The third kappa shape index (κ3) is 10.0. The van der Waals surface area contributed by atoms with E-state index in [0.29, 0.717) is 19.5 Å². The minimum Gasteiger partial charge on any atom is -0.460 e. The molecule has 1 aromatic rings. The molecule has 0 spiro atoms. The van der Waals surface area contributed by atoms with E-state index in [1.807, 2.05) is 51.1 Å². The molecule has 0 aliphatic rings. The van der Waals surface area contributed by atoms with Crippen LogP contribution in [-0.2, 0) is 20.9 Å². The largest absolute Gasteiger partial charge is 0.460 e. The van der Waals surface area contributed by atoms with Crippen molar-refractivity contribution < 1.29 is 19.1 Å². The number of carbonyl (C=O) groups excluding carboxylic acids is 2. The Morgan fingerprint density at radius 2 is 1.81 bits per heavy atom. The first-order chi connectivity index (χ1) is 12.3. The maximum absolute atomic E-state index is 12.3. The van der Waals surface area contributed by atoms with E-state index in [0.717, 1.165) is 18.4 Å². The Morgan fingerprint density at radius 1 is 1.12 bits per heavy atom. The molecule has 0 fully saturated rings. The summed E-state index contributed by atoms with van der Waals surface area (Å²) in [5, 5.41) is 5.84. The van der Waals surface area contributed by atoms with Crippen molar-refractivity contribution in [2.75, 3.05) is 13.1 Å². The highest BCUT2D eigenvalue weighted by Gasteiger charge is 2.19. The number of esters is 1. The van der Waals surface area contributed by atoms with Gasteiger partial charge < -0.3 is 20.1 Å². The monoisotopic (exact) mass is 364 g/mol. The summed E-state index contributed by atoms with van der Waals surface area (Å²) in [4.78, 5) is 24.0. The van der Waals surface area contributed by atoms with E-state index < -0.39 is 11.7 Å². The topological polar surface area (TPSA) is 76.7 Å². The number of ether oxygens (including phenoxy) is 2. The van der Waals surface area contributed by atoms with Crippen LogP contribution in [0.15, 0.2) is 30.3 Å².